The first kappa shape index (κ1) is 37.9. The van der Waals surface area contributed by atoms with E-state index in [0.29, 0.717) is 59.6 Å². The molecule has 1 atom stereocenters. The summed E-state index contributed by atoms with van der Waals surface area (Å²) in [7, 11) is 1.64. The predicted molar refractivity (Wildman–Crippen MR) is 219 cm³/mol. The summed E-state index contributed by atoms with van der Waals surface area (Å²) in [6.45, 7) is 7.02. The van der Waals surface area contributed by atoms with Gasteiger partial charge in [-0.1, -0.05) is 0 Å². The molecule has 3 fully saturated rings. The second-order valence-corrected chi connectivity index (χ2v) is 16.2. The van der Waals surface area contributed by atoms with Gasteiger partial charge in [-0.25, -0.2) is 9.97 Å². The normalized spacial score (nSPS) is 20.4. The SMILES string of the molecule is C[C@H]1CN(C2CCOCC2)CCN1c1ccc(Nc2nc(-c3ccnc(N4CCn5c(cc6c5CCC65CC5)C4=O)c3CO)cn(C)c2=O)cc1C=CC(=O)NC=O. The molecule has 2 aliphatic carbocycles. The molecule has 1 saturated carbocycles. The maximum atomic E-state index is 14.1. The Hall–Kier alpha value is -5.64. The third kappa shape index (κ3) is 6.80. The summed E-state index contributed by atoms with van der Waals surface area (Å²) in [6, 6.07) is 10.2. The number of anilines is 4. The van der Waals surface area contributed by atoms with Crippen LogP contribution in [0.1, 0.15) is 71.9 Å². The Morgan fingerprint density at radius 2 is 1.90 bits per heavy atom. The lowest BCUT2D eigenvalue weighted by atomic mass is 10.0. The Labute approximate surface area is 336 Å². The summed E-state index contributed by atoms with van der Waals surface area (Å²) in [5.41, 5.74) is 6.78. The number of nitrogens with one attached hydrogen (secondary N) is 2. The molecule has 5 aliphatic rings. The molecule has 3 N–H and O–H groups in total. The maximum absolute atomic E-state index is 14.1. The van der Waals surface area contributed by atoms with Crippen LogP contribution in [0.5, 0.6) is 0 Å². The molecule has 302 valence electrons. The van der Waals surface area contributed by atoms with E-state index in [2.05, 4.69) is 43.0 Å². The monoisotopic (exact) mass is 787 g/mol. The van der Waals surface area contributed by atoms with Gasteiger partial charge in [-0.2, -0.15) is 0 Å². The summed E-state index contributed by atoms with van der Waals surface area (Å²) >= 11 is 0. The van der Waals surface area contributed by atoms with Gasteiger partial charge in [0.25, 0.3) is 11.5 Å². The summed E-state index contributed by atoms with van der Waals surface area (Å²) in [5, 5.41) is 16.2. The van der Waals surface area contributed by atoms with E-state index in [0.717, 1.165) is 69.8 Å². The van der Waals surface area contributed by atoms with E-state index in [-0.39, 0.29) is 28.7 Å². The minimum absolute atomic E-state index is 0.0532. The third-order valence-corrected chi connectivity index (χ3v) is 12.9. The van der Waals surface area contributed by atoms with Crippen LogP contribution in [0.2, 0.25) is 0 Å². The molecule has 15 heteroatoms. The average Bonchev–Trinajstić information content (AvgIpc) is 3.81. The second-order valence-electron chi connectivity index (χ2n) is 16.2. The highest BCUT2D eigenvalue weighted by atomic mass is 16.5. The van der Waals surface area contributed by atoms with Crippen LogP contribution in [0.3, 0.4) is 0 Å². The fourth-order valence-corrected chi connectivity index (χ4v) is 9.64. The van der Waals surface area contributed by atoms with Gasteiger partial charge in [0.15, 0.2) is 5.82 Å². The Kier molecular flexibility index (Phi) is 9.98. The summed E-state index contributed by atoms with van der Waals surface area (Å²) in [4.78, 5) is 66.9. The predicted octanol–water partition coefficient (Wildman–Crippen LogP) is 3.49. The van der Waals surface area contributed by atoms with Gasteiger partial charge in [0, 0.05) is 117 Å². The minimum Gasteiger partial charge on any atom is -0.392 e. The zero-order chi connectivity index (χ0) is 40.1. The van der Waals surface area contributed by atoms with Gasteiger partial charge in [0.1, 0.15) is 11.5 Å². The molecule has 0 radical (unpaired) electrons. The number of fused-ring (bicyclic) bond motifs is 4. The van der Waals surface area contributed by atoms with E-state index >= 15 is 0 Å². The van der Waals surface area contributed by atoms with Crippen molar-refractivity contribution in [2.24, 2.45) is 7.05 Å². The highest BCUT2D eigenvalue weighted by Crippen LogP contribution is 2.57. The number of amides is 3. The lowest BCUT2D eigenvalue weighted by molar-refractivity contribution is -0.121. The van der Waals surface area contributed by atoms with E-state index in [1.165, 1.54) is 34.7 Å². The molecule has 1 aromatic carbocycles. The Morgan fingerprint density at radius 1 is 1.07 bits per heavy atom. The number of aliphatic hydroxyl groups is 1. The molecule has 6 heterocycles. The van der Waals surface area contributed by atoms with Gasteiger partial charge >= 0.3 is 0 Å². The van der Waals surface area contributed by atoms with Crippen molar-refractivity contribution in [1.29, 1.82) is 0 Å². The molecular formula is C43H49N9O6. The van der Waals surface area contributed by atoms with Crippen LogP contribution in [0, 0.1) is 0 Å². The van der Waals surface area contributed by atoms with Gasteiger partial charge in [-0.05, 0) is 92.8 Å². The van der Waals surface area contributed by atoms with Crippen LogP contribution in [-0.2, 0) is 46.4 Å². The molecule has 15 nitrogen and oxygen atoms in total. The van der Waals surface area contributed by atoms with Crippen LogP contribution >= 0.6 is 0 Å². The molecule has 0 bridgehead atoms. The molecule has 0 unspecified atom stereocenters. The molecule has 3 aliphatic heterocycles. The van der Waals surface area contributed by atoms with Gasteiger partial charge in [0.05, 0.1) is 12.3 Å². The first-order valence-electron chi connectivity index (χ1n) is 20.3. The highest BCUT2D eigenvalue weighted by molar-refractivity contribution is 6.06. The number of aryl methyl sites for hydroxylation is 1. The van der Waals surface area contributed by atoms with E-state index in [1.54, 1.807) is 36.5 Å². The number of carbonyl (C=O) groups excluding carboxylic acids is 3. The van der Waals surface area contributed by atoms with Crippen molar-refractivity contribution in [3.05, 3.63) is 87.2 Å². The van der Waals surface area contributed by atoms with E-state index in [4.69, 9.17) is 9.72 Å². The lowest BCUT2D eigenvalue weighted by Crippen LogP contribution is -2.56. The number of hydrogen-bond donors (Lipinski definition) is 3. The number of hydrogen-bond acceptors (Lipinski definition) is 11. The van der Waals surface area contributed by atoms with E-state index < -0.39 is 12.5 Å². The number of imide groups is 1. The van der Waals surface area contributed by atoms with E-state index in [9.17, 15) is 24.3 Å². The number of rotatable bonds is 10. The van der Waals surface area contributed by atoms with Gasteiger partial charge in [-0.15, -0.1) is 0 Å². The van der Waals surface area contributed by atoms with Crippen molar-refractivity contribution in [2.75, 3.05) is 54.5 Å². The Bertz CT molecular complexity index is 2380. The quantitative estimate of drug-likeness (QED) is 0.159. The standard InChI is InChI=1S/C43H49N9O6/c1-27-23-49(30-9-19-58-20-10-30)15-16-50(27)35-5-4-29(21-28(35)3-6-38(55)45-26-54)46-39-42(57)48(2)24-34(47-39)31-8-14-44-40(32(31)25-53)52-18-17-51-36-7-11-43(12-13-43)33(36)22-37(51)41(52)56/h3-6,8,14,21-22,24,26-27,30,53H,7,9-13,15-20,23,25H2,1-2H3,(H,46,47)(H,45,54,55)/t27-/m0/s1. The summed E-state index contributed by atoms with van der Waals surface area (Å²) < 4.78 is 9.20. The number of benzene rings is 1. The number of pyridine rings is 1. The number of aromatic nitrogens is 4. The number of ether oxygens (including phenoxy) is 1. The highest BCUT2D eigenvalue weighted by Gasteiger charge is 2.51. The van der Waals surface area contributed by atoms with Crippen molar-refractivity contribution in [2.45, 2.75) is 76.1 Å². The fourth-order valence-electron chi connectivity index (χ4n) is 9.64. The van der Waals surface area contributed by atoms with Crippen molar-refractivity contribution >= 4 is 47.3 Å². The van der Waals surface area contributed by atoms with Gasteiger partial charge < -0.3 is 29.2 Å². The van der Waals surface area contributed by atoms with Gasteiger partial charge in [0.2, 0.25) is 12.3 Å². The average molecular weight is 788 g/mol. The number of piperazine rings is 1. The smallest absolute Gasteiger partial charge is 0.293 e. The van der Waals surface area contributed by atoms with E-state index in [1.807, 2.05) is 18.2 Å². The largest absolute Gasteiger partial charge is 0.392 e. The zero-order valence-electron chi connectivity index (χ0n) is 32.9. The minimum atomic E-state index is -0.549. The first-order valence-corrected chi connectivity index (χ1v) is 20.3. The molecule has 1 spiro atoms. The number of aliphatic hydroxyl groups excluding tert-OH is 1. The van der Waals surface area contributed by atoms with Gasteiger partial charge in [-0.3, -0.25) is 34.3 Å². The maximum Gasteiger partial charge on any atom is 0.293 e. The second kappa shape index (κ2) is 15.3. The summed E-state index contributed by atoms with van der Waals surface area (Å²) in [6.07, 6.45) is 13.1. The summed E-state index contributed by atoms with van der Waals surface area (Å²) in [5.74, 6) is -0.263. The molecule has 4 aromatic rings. The van der Waals surface area contributed by atoms with Crippen LogP contribution in [0.25, 0.3) is 17.3 Å². The lowest BCUT2D eigenvalue weighted by Gasteiger charge is -2.45. The van der Waals surface area contributed by atoms with Crippen molar-refractivity contribution in [1.82, 2.24) is 29.3 Å². The molecular weight excluding hydrogens is 739 g/mol. The third-order valence-electron chi connectivity index (χ3n) is 12.9. The first-order chi connectivity index (χ1) is 28.2. The molecule has 3 aromatic heterocycles. The van der Waals surface area contributed by atoms with Crippen molar-refractivity contribution in [3.8, 4) is 11.3 Å². The molecule has 3 amide bonds. The number of carbonyl (C=O) groups is 3. The Morgan fingerprint density at radius 3 is 2.66 bits per heavy atom. The molecule has 9 rings (SSSR count). The molecule has 58 heavy (non-hydrogen) atoms. The van der Waals surface area contributed by atoms with Crippen molar-refractivity contribution < 1.29 is 24.2 Å². The van der Waals surface area contributed by atoms with Crippen LogP contribution in [0.4, 0.5) is 23.0 Å². The Balaban J connectivity index is 1.00. The van der Waals surface area contributed by atoms with Crippen LogP contribution < -0.4 is 26.0 Å². The fraction of sp³-hybridized carbons (Fsp3) is 0.442. The number of nitrogens with zero attached hydrogens (tertiary/aromatic N) is 7. The zero-order valence-corrected chi connectivity index (χ0v) is 32.9. The van der Waals surface area contributed by atoms with Crippen LogP contribution in [0.15, 0.2) is 53.6 Å². The van der Waals surface area contributed by atoms with Crippen molar-refractivity contribution in [3.63, 3.8) is 0 Å². The molecule has 2 saturated heterocycles. The van der Waals surface area contributed by atoms with Crippen LogP contribution in [-0.4, -0.2) is 98.8 Å². The topological polar surface area (TPSA) is 167 Å².